The Morgan fingerprint density at radius 3 is 2.14 bits per heavy atom. The minimum atomic E-state index is 0.118. The molecule has 182 valence electrons. The number of halogens is 2. The summed E-state index contributed by atoms with van der Waals surface area (Å²) in [7, 11) is 3.07. The number of aldehydes is 1. The third kappa shape index (κ3) is 4.30. The molecule has 0 atom stereocenters. The van der Waals surface area contributed by atoms with Gasteiger partial charge in [0.25, 0.3) is 0 Å². The molecule has 2 aromatic carbocycles. The monoisotopic (exact) mass is 520 g/mol. The van der Waals surface area contributed by atoms with Crippen LogP contribution in [0.25, 0.3) is 33.6 Å². The zero-order valence-corrected chi connectivity index (χ0v) is 21.2. The maximum atomic E-state index is 11.2. The summed E-state index contributed by atoms with van der Waals surface area (Å²) in [6.45, 7) is 1.64. The quantitative estimate of drug-likeness (QED) is 0.328. The number of hydrogen-bond acceptors (Lipinski definition) is 7. The fraction of sp³-hybridized carbons (Fsp3) is 0.185. The van der Waals surface area contributed by atoms with Crippen molar-refractivity contribution in [2.45, 2.75) is 13.0 Å². The standard InChI is InChI=1S/C27H22Cl2N4O3/c1-35-26-16-9-10-30-12-15(16)11-21(32-26)19-7-3-5-17(24(19)28)18-6-4-8-20(25(18)29)22-13-31-23(14-34)27(33-22)36-2/h3-8,11,13-14,30H,9-10,12H2,1-2H3. The molecule has 4 aromatic rings. The largest absolute Gasteiger partial charge is 0.481 e. The molecule has 0 fully saturated rings. The molecule has 0 amide bonds. The lowest BCUT2D eigenvalue weighted by Gasteiger charge is -2.21. The normalized spacial score (nSPS) is 12.7. The average molecular weight is 521 g/mol. The molecule has 36 heavy (non-hydrogen) atoms. The van der Waals surface area contributed by atoms with Gasteiger partial charge in [0.05, 0.1) is 41.8 Å². The van der Waals surface area contributed by atoms with E-state index >= 15 is 0 Å². The summed E-state index contributed by atoms with van der Waals surface area (Å²) in [4.78, 5) is 24.5. The first-order chi connectivity index (χ1) is 17.5. The van der Waals surface area contributed by atoms with Crippen molar-refractivity contribution in [2.75, 3.05) is 20.8 Å². The van der Waals surface area contributed by atoms with Gasteiger partial charge in [-0.1, -0.05) is 59.6 Å². The van der Waals surface area contributed by atoms with Gasteiger partial charge in [-0.25, -0.2) is 15.0 Å². The molecule has 1 N–H and O–H groups in total. The highest BCUT2D eigenvalue weighted by Crippen LogP contribution is 2.42. The number of carbonyl (C=O) groups excluding carboxylic acids is 1. The first-order valence-corrected chi connectivity index (χ1v) is 12.0. The molecular formula is C27H22Cl2N4O3. The maximum Gasteiger partial charge on any atom is 0.243 e. The van der Waals surface area contributed by atoms with E-state index < -0.39 is 0 Å². The van der Waals surface area contributed by atoms with Crippen LogP contribution in [0.15, 0.2) is 48.7 Å². The highest BCUT2D eigenvalue weighted by molar-refractivity contribution is 6.39. The predicted molar refractivity (Wildman–Crippen MR) is 140 cm³/mol. The van der Waals surface area contributed by atoms with Crippen molar-refractivity contribution < 1.29 is 14.3 Å². The van der Waals surface area contributed by atoms with E-state index in [0.717, 1.165) is 53.0 Å². The van der Waals surface area contributed by atoms with Gasteiger partial charge in [0.15, 0.2) is 12.0 Å². The Morgan fingerprint density at radius 1 is 0.889 bits per heavy atom. The van der Waals surface area contributed by atoms with Crippen molar-refractivity contribution in [2.24, 2.45) is 0 Å². The Morgan fingerprint density at radius 2 is 1.50 bits per heavy atom. The van der Waals surface area contributed by atoms with Crippen LogP contribution in [-0.4, -0.2) is 42.0 Å². The van der Waals surface area contributed by atoms with E-state index in [-0.39, 0.29) is 11.6 Å². The first-order valence-electron chi connectivity index (χ1n) is 11.3. The molecule has 0 unspecified atom stereocenters. The van der Waals surface area contributed by atoms with Gasteiger partial charge in [0, 0.05) is 34.4 Å². The molecule has 0 saturated heterocycles. The van der Waals surface area contributed by atoms with Crippen LogP contribution in [0.2, 0.25) is 10.0 Å². The number of nitrogens with zero attached hydrogens (tertiary/aromatic N) is 3. The minimum Gasteiger partial charge on any atom is -0.481 e. The van der Waals surface area contributed by atoms with Crippen LogP contribution in [0.5, 0.6) is 11.8 Å². The van der Waals surface area contributed by atoms with Gasteiger partial charge in [-0.3, -0.25) is 4.79 Å². The van der Waals surface area contributed by atoms with Crippen LogP contribution in [-0.2, 0) is 13.0 Å². The molecule has 7 nitrogen and oxygen atoms in total. The van der Waals surface area contributed by atoms with E-state index in [0.29, 0.717) is 33.5 Å². The van der Waals surface area contributed by atoms with Gasteiger partial charge < -0.3 is 14.8 Å². The van der Waals surface area contributed by atoms with Crippen LogP contribution in [0.4, 0.5) is 0 Å². The van der Waals surface area contributed by atoms with Gasteiger partial charge in [0.1, 0.15) is 0 Å². The zero-order valence-electron chi connectivity index (χ0n) is 19.6. The third-order valence-electron chi connectivity index (χ3n) is 6.15. The number of carbonyl (C=O) groups is 1. The third-order valence-corrected chi connectivity index (χ3v) is 6.97. The Hall–Kier alpha value is -3.52. The number of fused-ring (bicyclic) bond motifs is 1. The van der Waals surface area contributed by atoms with Crippen LogP contribution in [0.3, 0.4) is 0 Å². The Bertz CT molecular complexity index is 1460. The lowest BCUT2D eigenvalue weighted by Crippen LogP contribution is -2.24. The summed E-state index contributed by atoms with van der Waals surface area (Å²) in [6, 6.07) is 13.4. The van der Waals surface area contributed by atoms with Crippen molar-refractivity contribution in [3.8, 4) is 45.4 Å². The summed E-state index contributed by atoms with van der Waals surface area (Å²) in [6.07, 6.45) is 2.95. The van der Waals surface area contributed by atoms with Gasteiger partial charge in [-0.05, 0) is 24.6 Å². The van der Waals surface area contributed by atoms with E-state index in [1.54, 1.807) is 7.11 Å². The number of pyridine rings is 1. The van der Waals surface area contributed by atoms with E-state index in [9.17, 15) is 4.79 Å². The maximum absolute atomic E-state index is 11.2. The number of nitrogens with one attached hydrogen (secondary N) is 1. The summed E-state index contributed by atoms with van der Waals surface area (Å²) in [5, 5.41) is 4.37. The topological polar surface area (TPSA) is 86.2 Å². The highest BCUT2D eigenvalue weighted by atomic mass is 35.5. The second-order valence-corrected chi connectivity index (χ2v) is 8.94. The van der Waals surface area contributed by atoms with Gasteiger partial charge in [-0.2, -0.15) is 0 Å². The summed E-state index contributed by atoms with van der Waals surface area (Å²) in [5.41, 5.74) is 6.50. The van der Waals surface area contributed by atoms with E-state index in [1.807, 2.05) is 36.4 Å². The van der Waals surface area contributed by atoms with Crippen molar-refractivity contribution in [1.29, 1.82) is 0 Å². The number of methoxy groups -OCH3 is 2. The molecule has 1 aliphatic heterocycles. The molecule has 5 rings (SSSR count). The van der Waals surface area contributed by atoms with Gasteiger partial charge in [-0.15, -0.1) is 0 Å². The first kappa shape index (κ1) is 24.2. The fourth-order valence-corrected chi connectivity index (χ4v) is 5.03. The molecule has 3 heterocycles. The Labute approximate surface area is 218 Å². The zero-order chi connectivity index (χ0) is 25.2. The van der Waals surface area contributed by atoms with Crippen LogP contribution >= 0.6 is 23.2 Å². The molecule has 1 aliphatic rings. The number of ether oxygens (including phenoxy) is 2. The number of rotatable bonds is 6. The lowest BCUT2D eigenvalue weighted by atomic mass is 9.96. The van der Waals surface area contributed by atoms with Crippen molar-refractivity contribution in [3.63, 3.8) is 0 Å². The van der Waals surface area contributed by atoms with Crippen LogP contribution in [0.1, 0.15) is 21.6 Å². The molecule has 0 aliphatic carbocycles. The molecule has 2 aromatic heterocycles. The predicted octanol–water partition coefficient (Wildman–Crippen LogP) is 5.65. The SMILES string of the molecule is COc1nc(-c2cccc(-c3cccc(-c4cc5c(c(OC)n4)CCNC5)c3Cl)c2Cl)cnc1C=O. The second kappa shape index (κ2) is 10.2. The van der Waals surface area contributed by atoms with E-state index in [1.165, 1.54) is 13.3 Å². The Kier molecular flexibility index (Phi) is 6.87. The molecule has 9 heteroatoms. The van der Waals surface area contributed by atoms with Crippen LogP contribution < -0.4 is 14.8 Å². The molecule has 0 saturated carbocycles. The molecular weight excluding hydrogens is 499 g/mol. The summed E-state index contributed by atoms with van der Waals surface area (Å²) < 4.78 is 10.8. The summed E-state index contributed by atoms with van der Waals surface area (Å²) in [5.74, 6) is 0.753. The van der Waals surface area contributed by atoms with Crippen LogP contribution in [0, 0.1) is 0 Å². The van der Waals surface area contributed by atoms with Gasteiger partial charge >= 0.3 is 0 Å². The highest BCUT2D eigenvalue weighted by Gasteiger charge is 2.21. The fourth-order valence-electron chi connectivity index (χ4n) is 4.39. The molecule has 0 spiro atoms. The van der Waals surface area contributed by atoms with Crippen molar-refractivity contribution in [3.05, 3.63) is 75.5 Å². The number of hydrogen-bond donors (Lipinski definition) is 1. The smallest absolute Gasteiger partial charge is 0.243 e. The van der Waals surface area contributed by atoms with Gasteiger partial charge in [0.2, 0.25) is 11.8 Å². The second-order valence-electron chi connectivity index (χ2n) is 8.18. The van der Waals surface area contributed by atoms with Crippen molar-refractivity contribution in [1.82, 2.24) is 20.3 Å². The number of benzene rings is 2. The average Bonchev–Trinajstić information content (AvgIpc) is 2.92. The molecule has 0 radical (unpaired) electrons. The van der Waals surface area contributed by atoms with E-state index in [4.69, 9.17) is 37.7 Å². The minimum absolute atomic E-state index is 0.118. The Balaban J connectivity index is 1.61. The van der Waals surface area contributed by atoms with E-state index in [2.05, 4.69) is 21.4 Å². The number of aromatic nitrogens is 3. The molecule has 0 bridgehead atoms. The summed E-state index contributed by atoms with van der Waals surface area (Å²) >= 11 is 13.9. The van der Waals surface area contributed by atoms with Crippen molar-refractivity contribution >= 4 is 29.5 Å². The lowest BCUT2D eigenvalue weighted by molar-refractivity contribution is 0.111.